The Balaban J connectivity index is 2.54. The largest absolute Gasteiger partial charge is 0.472 e. The van der Waals surface area contributed by atoms with E-state index in [-0.39, 0.29) is 12.8 Å². The molecule has 6 N–H and O–H groups in total. The lowest BCUT2D eigenvalue weighted by molar-refractivity contribution is -0.220. The van der Waals surface area contributed by atoms with Gasteiger partial charge in [0.1, 0.15) is 43.2 Å². The van der Waals surface area contributed by atoms with Gasteiger partial charge < -0.3 is 39.9 Å². The highest BCUT2D eigenvalue weighted by Crippen LogP contribution is 2.47. The van der Waals surface area contributed by atoms with Crippen molar-refractivity contribution in [2.24, 2.45) is 0 Å². The van der Waals surface area contributed by atoms with E-state index in [1.807, 2.05) is 12.2 Å². The number of allylic oxidation sites excluding steroid dienone is 10. The minimum Gasteiger partial charge on any atom is -0.462 e. The van der Waals surface area contributed by atoms with Gasteiger partial charge in [-0.15, -0.1) is 0 Å². The maximum atomic E-state index is 12.8. The van der Waals surface area contributed by atoms with Crippen LogP contribution in [0.25, 0.3) is 0 Å². The third-order valence-corrected chi connectivity index (χ3v) is 10.3. The molecule has 57 heavy (non-hydrogen) atoms. The van der Waals surface area contributed by atoms with Gasteiger partial charge in [0.25, 0.3) is 0 Å². The summed E-state index contributed by atoms with van der Waals surface area (Å²) in [6, 6.07) is 0. The van der Waals surface area contributed by atoms with Crippen LogP contribution in [-0.4, -0.2) is 98.3 Å². The number of carbonyl (C=O) groups excluding carboxylic acids is 2. The lowest BCUT2D eigenvalue weighted by atomic mass is 9.85. The SMILES string of the molecule is CCCC/C=C\CCCCCCCC(=O)O[C@H](COC(=O)CCC/C=C\C/C=C\C/C=C\C/C=C\CCCCC)COP(=O)(O)OC1C(O)C(O)C(O)[C@@H](O)C1O. The summed E-state index contributed by atoms with van der Waals surface area (Å²) in [7, 11) is -5.13. The van der Waals surface area contributed by atoms with Gasteiger partial charge in [0.05, 0.1) is 6.61 Å². The van der Waals surface area contributed by atoms with Gasteiger partial charge in [-0.1, -0.05) is 120 Å². The van der Waals surface area contributed by atoms with E-state index < -0.39 is 75.7 Å². The lowest BCUT2D eigenvalue weighted by Gasteiger charge is -2.41. The number of hydrogen-bond donors (Lipinski definition) is 6. The summed E-state index contributed by atoms with van der Waals surface area (Å²) in [6.07, 6.45) is 25.8. The number of phosphoric ester groups is 1. The Morgan fingerprint density at radius 1 is 0.544 bits per heavy atom. The Bertz CT molecular complexity index is 1230. The summed E-state index contributed by atoms with van der Waals surface area (Å²) in [5.41, 5.74) is 0. The molecular formula is C43H73O13P. The molecule has 6 unspecified atom stereocenters. The fourth-order valence-corrected chi connectivity index (χ4v) is 6.82. The van der Waals surface area contributed by atoms with E-state index in [0.29, 0.717) is 19.3 Å². The van der Waals surface area contributed by atoms with Crippen molar-refractivity contribution >= 4 is 19.8 Å². The van der Waals surface area contributed by atoms with Gasteiger partial charge in [0.2, 0.25) is 0 Å². The number of unbranched alkanes of at least 4 members (excludes halogenated alkanes) is 11. The molecular weight excluding hydrogens is 755 g/mol. The van der Waals surface area contributed by atoms with Crippen molar-refractivity contribution in [3.05, 3.63) is 60.8 Å². The Morgan fingerprint density at radius 2 is 0.982 bits per heavy atom. The molecule has 0 aromatic carbocycles. The second-order valence-electron chi connectivity index (χ2n) is 14.5. The second kappa shape index (κ2) is 33.4. The Morgan fingerprint density at radius 3 is 1.56 bits per heavy atom. The van der Waals surface area contributed by atoms with E-state index in [1.54, 1.807) is 0 Å². The molecule has 0 bridgehead atoms. The highest BCUT2D eigenvalue weighted by Gasteiger charge is 2.51. The van der Waals surface area contributed by atoms with E-state index in [4.69, 9.17) is 18.5 Å². The van der Waals surface area contributed by atoms with E-state index in [1.165, 1.54) is 32.1 Å². The number of hydrogen-bond acceptors (Lipinski definition) is 12. The van der Waals surface area contributed by atoms with Crippen LogP contribution in [0, 0.1) is 0 Å². The first-order valence-electron chi connectivity index (χ1n) is 21.1. The lowest BCUT2D eigenvalue weighted by Crippen LogP contribution is -2.64. The first-order valence-corrected chi connectivity index (χ1v) is 22.6. The van der Waals surface area contributed by atoms with Crippen molar-refractivity contribution in [1.29, 1.82) is 0 Å². The molecule has 328 valence electrons. The van der Waals surface area contributed by atoms with Gasteiger partial charge in [-0.25, -0.2) is 4.57 Å². The van der Waals surface area contributed by atoms with Crippen molar-refractivity contribution in [3.8, 4) is 0 Å². The van der Waals surface area contributed by atoms with Crippen LogP contribution in [0.4, 0.5) is 0 Å². The fourth-order valence-electron chi connectivity index (χ4n) is 5.85. The number of ether oxygens (including phenoxy) is 2. The Kier molecular flexibility index (Phi) is 30.8. The highest BCUT2D eigenvalue weighted by atomic mass is 31.2. The van der Waals surface area contributed by atoms with Gasteiger partial charge in [0.15, 0.2) is 6.10 Å². The summed E-state index contributed by atoms with van der Waals surface area (Å²) in [5.74, 6) is -1.18. The molecule has 0 saturated heterocycles. The molecule has 1 fully saturated rings. The zero-order valence-corrected chi connectivity index (χ0v) is 35.3. The molecule has 0 aromatic heterocycles. The minimum absolute atomic E-state index is 0.0717. The molecule has 14 heteroatoms. The van der Waals surface area contributed by atoms with Crippen molar-refractivity contribution < 1.29 is 63.1 Å². The predicted molar refractivity (Wildman–Crippen MR) is 221 cm³/mol. The van der Waals surface area contributed by atoms with Gasteiger partial charge in [-0.05, 0) is 70.6 Å². The van der Waals surface area contributed by atoms with Crippen LogP contribution < -0.4 is 0 Å². The predicted octanol–water partition coefficient (Wildman–Crippen LogP) is 7.38. The molecule has 1 aliphatic rings. The van der Waals surface area contributed by atoms with Crippen LogP contribution in [0.15, 0.2) is 60.8 Å². The number of esters is 2. The van der Waals surface area contributed by atoms with Crippen LogP contribution >= 0.6 is 7.82 Å². The zero-order valence-electron chi connectivity index (χ0n) is 34.4. The molecule has 0 spiro atoms. The van der Waals surface area contributed by atoms with Gasteiger partial charge in [-0.3, -0.25) is 18.6 Å². The minimum atomic E-state index is -5.13. The van der Waals surface area contributed by atoms with Crippen LogP contribution in [0.5, 0.6) is 0 Å². The number of aliphatic hydroxyl groups is 5. The van der Waals surface area contributed by atoms with Gasteiger partial charge in [-0.2, -0.15) is 0 Å². The fraction of sp³-hybridized carbons (Fsp3) is 0.721. The van der Waals surface area contributed by atoms with E-state index in [2.05, 4.69) is 62.5 Å². The standard InChI is InChI=1S/C43H73O13P/c1-3-5-7-9-11-13-15-16-17-18-19-20-22-23-25-27-29-31-36(44)53-33-35(55-37(45)32-30-28-26-24-21-14-12-10-8-6-4-2)34-54-57(51,52)56-43-41(49)39(47)38(46)40(48)42(43)50/h10-13,16-17,19-20,23,25,35,38-43,46-50H,3-9,14-15,18,21-22,24,26-34H2,1-2H3,(H,51,52)/b12-10-,13-11-,17-16-,20-19-,25-23-/t35-,38?,39-,40?,41?,42?,43?/m1/s1. The van der Waals surface area contributed by atoms with Gasteiger partial charge >= 0.3 is 19.8 Å². The highest BCUT2D eigenvalue weighted by molar-refractivity contribution is 7.47. The average molecular weight is 829 g/mol. The van der Waals surface area contributed by atoms with Crippen LogP contribution in [0.1, 0.15) is 142 Å². The summed E-state index contributed by atoms with van der Waals surface area (Å²) in [4.78, 5) is 35.5. The maximum Gasteiger partial charge on any atom is 0.472 e. The van der Waals surface area contributed by atoms with E-state index >= 15 is 0 Å². The monoisotopic (exact) mass is 828 g/mol. The molecule has 0 amide bonds. The topological polar surface area (TPSA) is 210 Å². The first-order chi connectivity index (χ1) is 27.4. The van der Waals surface area contributed by atoms with Gasteiger partial charge in [0, 0.05) is 12.8 Å². The van der Waals surface area contributed by atoms with Crippen LogP contribution in [-0.2, 0) is 32.7 Å². The zero-order chi connectivity index (χ0) is 42.2. The van der Waals surface area contributed by atoms with E-state index in [0.717, 1.165) is 64.2 Å². The Labute approximate surface area is 341 Å². The normalized spacial score (nSPS) is 23.3. The first kappa shape index (κ1) is 52.6. The summed E-state index contributed by atoms with van der Waals surface area (Å²) < 4.78 is 33.3. The van der Waals surface area contributed by atoms with Crippen molar-refractivity contribution in [3.63, 3.8) is 0 Å². The van der Waals surface area contributed by atoms with Crippen LogP contribution in [0.2, 0.25) is 0 Å². The summed E-state index contributed by atoms with van der Waals surface area (Å²) >= 11 is 0. The third kappa shape index (κ3) is 26.3. The molecule has 0 heterocycles. The molecule has 1 saturated carbocycles. The molecule has 0 aromatic rings. The number of phosphoric acid groups is 1. The van der Waals surface area contributed by atoms with Crippen LogP contribution in [0.3, 0.4) is 0 Å². The van der Waals surface area contributed by atoms with Crippen molar-refractivity contribution in [1.82, 2.24) is 0 Å². The summed E-state index contributed by atoms with van der Waals surface area (Å²) in [6.45, 7) is 3.14. The maximum absolute atomic E-state index is 12.8. The van der Waals surface area contributed by atoms with Crippen molar-refractivity contribution in [2.75, 3.05) is 13.2 Å². The second-order valence-corrected chi connectivity index (χ2v) is 15.9. The quantitative estimate of drug-likeness (QED) is 0.0165. The molecule has 0 radical (unpaired) electrons. The van der Waals surface area contributed by atoms with E-state index in [9.17, 15) is 44.6 Å². The molecule has 8 atom stereocenters. The smallest absolute Gasteiger partial charge is 0.462 e. The molecule has 1 rings (SSSR count). The average Bonchev–Trinajstić information content (AvgIpc) is 3.19. The Hall–Kier alpha value is -2.45. The third-order valence-electron chi connectivity index (χ3n) is 9.33. The van der Waals surface area contributed by atoms with Crippen molar-refractivity contribution in [2.45, 2.75) is 185 Å². The summed E-state index contributed by atoms with van der Waals surface area (Å²) in [5, 5.41) is 50.0. The molecule has 1 aliphatic carbocycles. The number of carbonyl (C=O) groups is 2. The molecule has 13 nitrogen and oxygen atoms in total. The molecule has 0 aliphatic heterocycles. The number of aliphatic hydroxyl groups excluding tert-OH is 5. The number of rotatable bonds is 33.